The average molecular weight is 241 g/mol. The van der Waals surface area contributed by atoms with Crippen LogP contribution < -0.4 is 5.32 Å². The van der Waals surface area contributed by atoms with Gasteiger partial charge in [0, 0.05) is 35.3 Å². The van der Waals surface area contributed by atoms with E-state index in [1.807, 2.05) is 23.5 Å². The first kappa shape index (κ1) is 13.4. The van der Waals surface area contributed by atoms with Crippen LogP contribution in [0, 0.1) is 6.92 Å². The monoisotopic (exact) mass is 241 g/mol. The summed E-state index contributed by atoms with van der Waals surface area (Å²) in [7, 11) is 1.97. The number of nitrogens with one attached hydrogen (secondary N) is 1. The largest absolute Gasteiger partial charge is 0.365 e. The molecule has 0 aromatic carbocycles. The maximum absolute atomic E-state index is 4.39. The molecule has 1 N–H and O–H groups in total. The van der Waals surface area contributed by atoms with Gasteiger partial charge in [0.1, 0.15) is 5.82 Å². The Morgan fingerprint density at radius 3 is 2.56 bits per heavy atom. The van der Waals surface area contributed by atoms with Gasteiger partial charge in [-0.2, -0.15) is 16.9 Å². The molecule has 0 aliphatic rings. The molecule has 0 spiro atoms. The summed E-state index contributed by atoms with van der Waals surface area (Å²) < 4.78 is 2.22. The number of nitrogens with zero attached hydrogens (tertiary/aromatic N) is 2. The van der Waals surface area contributed by atoms with Crippen LogP contribution >= 0.6 is 11.8 Å². The van der Waals surface area contributed by atoms with Gasteiger partial charge in [-0.15, -0.1) is 0 Å². The number of hydrogen-bond acceptors (Lipinski definition) is 3. The molecule has 0 saturated heterocycles. The van der Waals surface area contributed by atoms with Crippen LogP contribution in [0.15, 0.2) is 6.07 Å². The van der Waals surface area contributed by atoms with Crippen LogP contribution in [-0.2, 0) is 7.05 Å². The van der Waals surface area contributed by atoms with Gasteiger partial charge in [-0.1, -0.05) is 20.8 Å². The van der Waals surface area contributed by atoms with Crippen molar-refractivity contribution >= 4 is 17.6 Å². The van der Waals surface area contributed by atoms with Crippen LogP contribution in [-0.4, -0.2) is 26.3 Å². The van der Waals surface area contributed by atoms with Crippen LogP contribution in [0.1, 0.15) is 33.4 Å². The van der Waals surface area contributed by atoms with Crippen molar-refractivity contribution in [2.24, 2.45) is 7.05 Å². The summed E-state index contributed by atoms with van der Waals surface area (Å²) in [5.74, 6) is 2.07. The second-order valence-corrected chi connectivity index (χ2v) is 7.11. The Bertz CT molecular complexity index is 319. The molecule has 1 aromatic heterocycles. The third-order valence-corrected chi connectivity index (χ3v) is 3.81. The fraction of sp³-hybridized carbons (Fsp3) is 0.750. The van der Waals surface area contributed by atoms with E-state index in [-0.39, 0.29) is 0 Å². The minimum absolute atomic E-state index is 0.329. The normalized spacial score (nSPS) is 13.9. The van der Waals surface area contributed by atoms with Crippen molar-refractivity contribution in [3.63, 3.8) is 0 Å². The van der Waals surface area contributed by atoms with Crippen molar-refractivity contribution in [2.75, 3.05) is 11.1 Å². The lowest BCUT2D eigenvalue weighted by atomic mass is 10.3. The lowest BCUT2D eigenvalue weighted by Crippen LogP contribution is -2.22. The molecular weight excluding hydrogens is 218 g/mol. The highest BCUT2D eigenvalue weighted by atomic mass is 32.2. The van der Waals surface area contributed by atoms with Crippen molar-refractivity contribution in [1.82, 2.24) is 9.78 Å². The minimum Gasteiger partial charge on any atom is -0.365 e. The fourth-order valence-electron chi connectivity index (χ4n) is 1.30. The SMILES string of the molecule is Cc1cc(NC(C)CSC(C)(C)C)nn1C. The highest BCUT2D eigenvalue weighted by Crippen LogP contribution is 2.24. The van der Waals surface area contributed by atoms with Gasteiger partial charge < -0.3 is 5.32 Å². The summed E-state index contributed by atoms with van der Waals surface area (Å²) in [5.41, 5.74) is 1.18. The molecule has 0 bridgehead atoms. The van der Waals surface area contributed by atoms with E-state index in [0.29, 0.717) is 10.8 Å². The van der Waals surface area contributed by atoms with Crippen LogP contribution in [0.5, 0.6) is 0 Å². The minimum atomic E-state index is 0.329. The molecule has 0 aliphatic carbocycles. The Balaban J connectivity index is 2.42. The molecule has 1 unspecified atom stereocenters. The van der Waals surface area contributed by atoms with Gasteiger partial charge in [0.2, 0.25) is 0 Å². The lowest BCUT2D eigenvalue weighted by molar-refractivity contribution is 0.736. The van der Waals surface area contributed by atoms with Gasteiger partial charge in [0.25, 0.3) is 0 Å². The quantitative estimate of drug-likeness (QED) is 0.878. The van der Waals surface area contributed by atoms with E-state index in [2.05, 4.69) is 51.1 Å². The van der Waals surface area contributed by atoms with Crippen LogP contribution in [0.2, 0.25) is 0 Å². The zero-order chi connectivity index (χ0) is 12.3. The number of hydrogen-bond donors (Lipinski definition) is 1. The van der Waals surface area contributed by atoms with E-state index in [1.165, 1.54) is 5.69 Å². The number of rotatable bonds is 4. The first-order valence-corrected chi connectivity index (χ1v) is 6.67. The van der Waals surface area contributed by atoms with Gasteiger partial charge in [0.15, 0.2) is 0 Å². The van der Waals surface area contributed by atoms with E-state index in [9.17, 15) is 0 Å². The Labute approximate surface area is 103 Å². The molecule has 4 heteroatoms. The highest BCUT2D eigenvalue weighted by Gasteiger charge is 2.13. The molecule has 0 saturated carbocycles. The summed E-state index contributed by atoms with van der Waals surface area (Å²) in [6, 6.07) is 2.52. The van der Waals surface area contributed by atoms with Crippen molar-refractivity contribution < 1.29 is 0 Å². The lowest BCUT2D eigenvalue weighted by Gasteiger charge is -2.21. The zero-order valence-electron chi connectivity index (χ0n) is 11.2. The molecule has 1 atom stereocenters. The summed E-state index contributed by atoms with van der Waals surface area (Å²) >= 11 is 1.97. The van der Waals surface area contributed by atoms with Gasteiger partial charge >= 0.3 is 0 Å². The van der Waals surface area contributed by atoms with Gasteiger partial charge in [-0.25, -0.2) is 0 Å². The second kappa shape index (κ2) is 5.13. The number of anilines is 1. The standard InChI is InChI=1S/C12H23N3S/c1-9(8-16-12(3,4)5)13-11-7-10(2)15(6)14-11/h7,9H,8H2,1-6H3,(H,13,14). The third-order valence-electron chi connectivity index (χ3n) is 2.27. The predicted molar refractivity (Wildman–Crippen MR) is 73.2 cm³/mol. The average Bonchev–Trinajstić information content (AvgIpc) is 2.41. The molecule has 0 fully saturated rings. The van der Waals surface area contributed by atoms with Crippen molar-refractivity contribution in [2.45, 2.75) is 45.4 Å². The van der Waals surface area contributed by atoms with Crippen molar-refractivity contribution in [3.8, 4) is 0 Å². The Kier molecular flexibility index (Phi) is 4.30. The van der Waals surface area contributed by atoms with E-state index in [4.69, 9.17) is 0 Å². The van der Waals surface area contributed by atoms with Crippen LogP contribution in [0.4, 0.5) is 5.82 Å². The molecule has 0 radical (unpaired) electrons. The molecule has 1 rings (SSSR count). The highest BCUT2D eigenvalue weighted by molar-refractivity contribution is 8.00. The number of aromatic nitrogens is 2. The molecule has 92 valence electrons. The zero-order valence-corrected chi connectivity index (χ0v) is 12.0. The van der Waals surface area contributed by atoms with Crippen LogP contribution in [0.3, 0.4) is 0 Å². The summed E-state index contributed by atoms with van der Waals surface area (Å²) in [5, 5.41) is 7.81. The van der Waals surface area contributed by atoms with E-state index in [1.54, 1.807) is 0 Å². The molecule has 0 aliphatic heterocycles. The summed E-state index contributed by atoms with van der Waals surface area (Å²) in [4.78, 5) is 0. The topological polar surface area (TPSA) is 29.9 Å². The Hall–Kier alpha value is -0.640. The maximum Gasteiger partial charge on any atom is 0.148 e. The Morgan fingerprint density at radius 2 is 2.12 bits per heavy atom. The van der Waals surface area contributed by atoms with Gasteiger partial charge in [-0.05, 0) is 13.8 Å². The maximum atomic E-state index is 4.39. The van der Waals surface area contributed by atoms with E-state index < -0.39 is 0 Å². The van der Waals surface area contributed by atoms with Crippen molar-refractivity contribution in [1.29, 1.82) is 0 Å². The number of thioether (sulfide) groups is 1. The Morgan fingerprint density at radius 1 is 1.50 bits per heavy atom. The summed E-state index contributed by atoms with van der Waals surface area (Å²) in [6.07, 6.45) is 0. The predicted octanol–water partition coefficient (Wildman–Crippen LogP) is 3.06. The fourth-order valence-corrected chi connectivity index (χ4v) is 2.13. The number of aryl methyl sites for hydroxylation is 2. The summed E-state index contributed by atoms with van der Waals surface area (Å²) in [6.45, 7) is 11.0. The first-order chi connectivity index (χ1) is 7.28. The first-order valence-electron chi connectivity index (χ1n) is 5.69. The smallest absolute Gasteiger partial charge is 0.148 e. The third kappa shape index (κ3) is 4.47. The van der Waals surface area contributed by atoms with E-state index in [0.717, 1.165) is 11.6 Å². The van der Waals surface area contributed by atoms with E-state index >= 15 is 0 Å². The molecule has 3 nitrogen and oxygen atoms in total. The van der Waals surface area contributed by atoms with Gasteiger partial charge in [-0.3, -0.25) is 4.68 Å². The molecule has 1 aromatic rings. The van der Waals surface area contributed by atoms with Gasteiger partial charge in [0.05, 0.1) is 0 Å². The molecule has 0 amide bonds. The molecular formula is C12H23N3S. The van der Waals surface area contributed by atoms with Crippen LogP contribution in [0.25, 0.3) is 0 Å². The second-order valence-electron chi connectivity index (χ2n) is 5.26. The van der Waals surface area contributed by atoms with Crippen molar-refractivity contribution in [3.05, 3.63) is 11.8 Å². The molecule has 1 heterocycles. The molecule has 16 heavy (non-hydrogen) atoms.